The molecule has 0 unspecified atom stereocenters. The first-order chi connectivity index (χ1) is 9.41. The summed E-state index contributed by atoms with van der Waals surface area (Å²) in [6, 6.07) is 1.40. The van der Waals surface area contributed by atoms with Crippen LogP contribution in [-0.4, -0.2) is 38.9 Å². The Morgan fingerprint density at radius 1 is 1.05 bits per heavy atom. The molecule has 0 radical (unpaired) electrons. The van der Waals surface area contributed by atoms with Crippen molar-refractivity contribution in [1.29, 1.82) is 0 Å². The Labute approximate surface area is 114 Å². The van der Waals surface area contributed by atoms with Crippen LogP contribution in [0.5, 0.6) is 0 Å². The van der Waals surface area contributed by atoms with Crippen LogP contribution in [0.25, 0.3) is 0 Å². The molecule has 0 aliphatic carbocycles. The highest BCUT2D eigenvalue weighted by Gasteiger charge is 2.42. The van der Waals surface area contributed by atoms with Crippen LogP contribution in [0.2, 0.25) is 0 Å². The molecule has 0 saturated carbocycles. The second-order valence-corrected chi connectivity index (χ2v) is 7.08. The third kappa shape index (κ3) is 2.02. The van der Waals surface area contributed by atoms with Gasteiger partial charge in [0.25, 0.3) is 0 Å². The fraction of sp³-hybridized carbons (Fsp3) is 0.500. The van der Waals surface area contributed by atoms with Gasteiger partial charge in [-0.2, -0.15) is 4.31 Å². The lowest BCUT2D eigenvalue weighted by molar-refractivity contribution is 0.417. The third-order valence-electron chi connectivity index (χ3n) is 3.97. The van der Waals surface area contributed by atoms with E-state index in [0.717, 1.165) is 23.5 Å². The van der Waals surface area contributed by atoms with Gasteiger partial charge >= 0.3 is 0 Å². The SMILES string of the molecule is O=S(=O)(c1ccc(F)c(F)c1F)N1C[C@H]2CNC[C@H]2C1. The highest BCUT2D eigenvalue weighted by molar-refractivity contribution is 7.89. The van der Waals surface area contributed by atoms with Gasteiger partial charge in [0.1, 0.15) is 4.90 Å². The number of benzene rings is 1. The fourth-order valence-electron chi connectivity index (χ4n) is 2.86. The van der Waals surface area contributed by atoms with Gasteiger partial charge in [0.05, 0.1) is 0 Å². The maximum Gasteiger partial charge on any atom is 0.246 e. The van der Waals surface area contributed by atoms with Crippen LogP contribution < -0.4 is 5.32 Å². The largest absolute Gasteiger partial charge is 0.316 e. The summed E-state index contributed by atoms with van der Waals surface area (Å²) in [5.74, 6) is -4.42. The van der Waals surface area contributed by atoms with E-state index in [4.69, 9.17) is 0 Å². The molecule has 1 N–H and O–H groups in total. The highest BCUT2D eigenvalue weighted by atomic mass is 32.2. The van der Waals surface area contributed by atoms with Gasteiger partial charge in [-0.25, -0.2) is 21.6 Å². The van der Waals surface area contributed by atoms with E-state index in [1.165, 1.54) is 0 Å². The van der Waals surface area contributed by atoms with Crippen molar-refractivity contribution in [2.24, 2.45) is 11.8 Å². The molecule has 2 saturated heterocycles. The van der Waals surface area contributed by atoms with Gasteiger partial charge in [0.15, 0.2) is 17.5 Å². The monoisotopic (exact) mass is 306 g/mol. The molecule has 2 aliphatic rings. The zero-order chi connectivity index (χ0) is 14.5. The first-order valence-corrected chi connectivity index (χ1v) is 7.69. The third-order valence-corrected chi connectivity index (χ3v) is 5.82. The molecule has 20 heavy (non-hydrogen) atoms. The summed E-state index contributed by atoms with van der Waals surface area (Å²) in [5, 5.41) is 3.16. The van der Waals surface area contributed by atoms with Crippen LogP contribution in [0.4, 0.5) is 13.2 Å². The molecule has 0 spiro atoms. The summed E-state index contributed by atoms with van der Waals surface area (Å²) >= 11 is 0. The Hall–Kier alpha value is -1.12. The zero-order valence-corrected chi connectivity index (χ0v) is 11.3. The first-order valence-electron chi connectivity index (χ1n) is 6.25. The van der Waals surface area contributed by atoms with Gasteiger partial charge in [-0.05, 0) is 37.1 Å². The van der Waals surface area contributed by atoms with Gasteiger partial charge in [0, 0.05) is 13.1 Å². The van der Waals surface area contributed by atoms with E-state index >= 15 is 0 Å². The van der Waals surface area contributed by atoms with Gasteiger partial charge in [0.2, 0.25) is 10.0 Å². The molecular weight excluding hydrogens is 293 g/mol. The van der Waals surface area contributed by atoms with Gasteiger partial charge < -0.3 is 5.32 Å². The second-order valence-electron chi connectivity index (χ2n) is 5.17. The summed E-state index contributed by atoms with van der Waals surface area (Å²) in [4.78, 5) is -0.802. The van der Waals surface area contributed by atoms with Crippen LogP contribution in [0.3, 0.4) is 0 Å². The van der Waals surface area contributed by atoms with Crippen LogP contribution in [-0.2, 0) is 10.0 Å². The quantitative estimate of drug-likeness (QED) is 0.828. The number of nitrogens with zero attached hydrogens (tertiary/aromatic N) is 1. The lowest BCUT2D eigenvalue weighted by Gasteiger charge is -2.18. The van der Waals surface area contributed by atoms with Crippen LogP contribution in [0, 0.1) is 29.3 Å². The van der Waals surface area contributed by atoms with E-state index in [2.05, 4.69) is 5.32 Å². The van der Waals surface area contributed by atoms with Crippen molar-refractivity contribution in [3.63, 3.8) is 0 Å². The second kappa shape index (κ2) is 4.71. The summed E-state index contributed by atoms with van der Waals surface area (Å²) in [7, 11) is -4.13. The van der Waals surface area contributed by atoms with E-state index in [-0.39, 0.29) is 24.9 Å². The molecule has 0 amide bonds. The van der Waals surface area contributed by atoms with Crippen molar-refractivity contribution in [1.82, 2.24) is 9.62 Å². The van der Waals surface area contributed by atoms with Crippen molar-refractivity contribution in [2.45, 2.75) is 4.90 Å². The lowest BCUT2D eigenvalue weighted by atomic mass is 10.0. The average molecular weight is 306 g/mol. The molecule has 2 fully saturated rings. The molecule has 1 aromatic rings. The molecule has 2 heterocycles. The average Bonchev–Trinajstić information content (AvgIpc) is 2.96. The van der Waals surface area contributed by atoms with E-state index in [1.807, 2.05) is 0 Å². The van der Waals surface area contributed by atoms with Gasteiger partial charge in [-0.3, -0.25) is 0 Å². The smallest absolute Gasteiger partial charge is 0.246 e. The molecule has 0 bridgehead atoms. The lowest BCUT2D eigenvalue weighted by Crippen LogP contribution is -2.32. The summed E-state index contributed by atoms with van der Waals surface area (Å²) in [6.45, 7) is 1.99. The molecule has 2 atom stereocenters. The number of sulfonamides is 1. The van der Waals surface area contributed by atoms with Gasteiger partial charge in [-0.15, -0.1) is 0 Å². The van der Waals surface area contributed by atoms with Crippen molar-refractivity contribution in [2.75, 3.05) is 26.2 Å². The van der Waals surface area contributed by atoms with Crippen molar-refractivity contribution in [3.05, 3.63) is 29.6 Å². The molecule has 110 valence electrons. The van der Waals surface area contributed by atoms with Crippen LogP contribution >= 0.6 is 0 Å². The number of rotatable bonds is 2. The van der Waals surface area contributed by atoms with Crippen LogP contribution in [0.15, 0.2) is 17.0 Å². The maximum absolute atomic E-state index is 13.7. The Bertz CT molecular complexity index is 638. The Kier molecular flexibility index (Phi) is 3.26. The number of halogens is 3. The minimum atomic E-state index is -4.13. The summed E-state index contributed by atoms with van der Waals surface area (Å²) < 4.78 is 65.6. The van der Waals surface area contributed by atoms with Crippen molar-refractivity contribution < 1.29 is 21.6 Å². The number of hydrogen-bond donors (Lipinski definition) is 1. The molecule has 8 heteroatoms. The first kappa shape index (κ1) is 13.8. The number of fused-ring (bicyclic) bond motifs is 1. The summed E-state index contributed by atoms with van der Waals surface area (Å²) in [6.07, 6.45) is 0. The molecule has 0 aromatic heterocycles. The molecule has 3 rings (SSSR count). The zero-order valence-electron chi connectivity index (χ0n) is 10.4. The highest BCUT2D eigenvalue weighted by Crippen LogP contribution is 2.32. The Morgan fingerprint density at radius 2 is 1.65 bits per heavy atom. The molecule has 2 aliphatic heterocycles. The summed E-state index contributed by atoms with van der Waals surface area (Å²) in [5.41, 5.74) is 0. The maximum atomic E-state index is 13.7. The van der Waals surface area contributed by atoms with Crippen molar-refractivity contribution >= 4 is 10.0 Å². The van der Waals surface area contributed by atoms with Crippen LogP contribution in [0.1, 0.15) is 0 Å². The predicted octanol–water partition coefficient (Wildman–Crippen LogP) is 0.944. The Balaban J connectivity index is 1.95. The minimum absolute atomic E-state index is 0.193. The van der Waals surface area contributed by atoms with E-state index in [0.29, 0.717) is 6.07 Å². The topological polar surface area (TPSA) is 49.4 Å². The molecule has 4 nitrogen and oxygen atoms in total. The molecule has 1 aromatic carbocycles. The van der Waals surface area contributed by atoms with E-state index in [9.17, 15) is 21.6 Å². The van der Waals surface area contributed by atoms with E-state index in [1.54, 1.807) is 0 Å². The van der Waals surface area contributed by atoms with E-state index < -0.39 is 32.4 Å². The predicted molar refractivity (Wildman–Crippen MR) is 64.9 cm³/mol. The molecular formula is C12H13F3N2O2S. The standard InChI is InChI=1S/C12H13F3N2O2S/c13-9-1-2-10(12(15)11(9)14)20(18,19)17-5-7-3-16-4-8(7)6-17/h1-2,7-8,16H,3-6H2/t7-,8+. The normalized spacial score (nSPS) is 26.9. The minimum Gasteiger partial charge on any atom is -0.316 e. The van der Waals surface area contributed by atoms with Crippen molar-refractivity contribution in [3.8, 4) is 0 Å². The number of nitrogens with one attached hydrogen (secondary N) is 1. The fourth-order valence-corrected chi connectivity index (χ4v) is 4.46. The van der Waals surface area contributed by atoms with Gasteiger partial charge in [-0.1, -0.05) is 0 Å². The number of hydrogen-bond acceptors (Lipinski definition) is 3. The Morgan fingerprint density at radius 3 is 2.25 bits per heavy atom.